The number of aromatic nitrogens is 2. The van der Waals surface area contributed by atoms with Crippen molar-refractivity contribution >= 4 is 44.1 Å². The maximum absolute atomic E-state index is 14.0. The van der Waals surface area contributed by atoms with Gasteiger partial charge in [0.05, 0.1) is 16.2 Å². The summed E-state index contributed by atoms with van der Waals surface area (Å²) >= 11 is 6.32. The zero-order chi connectivity index (χ0) is 30.2. The summed E-state index contributed by atoms with van der Waals surface area (Å²) in [7, 11) is -1.40. The molecule has 1 aromatic heterocycles. The summed E-state index contributed by atoms with van der Waals surface area (Å²) in [6.07, 6.45) is 3.06. The minimum Gasteiger partial charge on any atom is -0.358 e. The highest BCUT2D eigenvalue weighted by molar-refractivity contribution is 7.91. The van der Waals surface area contributed by atoms with Gasteiger partial charge in [-0.1, -0.05) is 43.6 Å². The van der Waals surface area contributed by atoms with E-state index in [0.717, 1.165) is 30.2 Å². The minimum absolute atomic E-state index is 0.00217. The Balaban J connectivity index is 1.40. The molecule has 1 saturated heterocycles. The predicted octanol–water partition coefficient (Wildman–Crippen LogP) is 5.77. The molecule has 8 nitrogen and oxygen atoms in total. The molecule has 1 aliphatic carbocycles. The summed E-state index contributed by atoms with van der Waals surface area (Å²) in [6, 6.07) is 14.2. The molecule has 1 N–H and O–H groups in total. The molecular weight excluding hydrogens is 570 g/mol. The molecule has 1 saturated carbocycles. The highest BCUT2D eigenvalue weighted by Gasteiger charge is 2.44. The zero-order valence-electron chi connectivity index (χ0n) is 25.1. The molecule has 10 heteroatoms. The summed E-state index contributed by atoms with van der Waals surface area (Å²) in [4.78, 5) is 28.1. The van der Waals surface area contributed by atoms with Crippen LogP contribution in [0, 0.1) is 5.92 Å². The Morgan fingerprint density at radius 1 is 1.05 bits per heavy atom. The van der Waals surface area contributed by atoms with Crippen LogP contribution in [-0.2, 0) is 14.6 Å². The minimum atomic E-state index is -3.51. The number of sulfone groups is 1. The van der Waals surface area contributed by atoms with Crippen LogP contribution in [0.1, 0.15) is 65.1 Å². The van der Waals surface area contributed by atoms with Crippen molar-refractivity contribution in [1.82, 2.24) is 19.8 Å². The average Bonchev–Trinajstić information content (AvgIpc) is 3.32. The molecule has 1 amide bonds. The first-order valence-electron chi connectivity index (χ1n) is 15.0. The van der Waals surface area contributed by atoms with Crippen molar-refractivity contribution in [3.63, 3.8) is 0 Å². The number of fused-ring (bicyclic) bond motifs is 1. The third kappa shape index (κ3) is 6.43. The van der Waals surface area contributed by atoms with Gasteiger partial charge in [-0.05, 0) is 82.8 Å². The van der Waals surface area contributed by atoms with E-state index in [-0.39, 0.29) is 35.6 Å². The summed E-state index contributed by atoms with van der Waals surface area (Å²) in [5.74, 6) is 1.29. The van der Waals surface area contributed by atoms with Gasteiger partial charge in [0.1, 0.15) is 17.7 Å². The summed E-state index contributed by atoms with van der Waals surface area (Å²) < 4.78 is 27.1. The Labute approximate surface area is 254 Å². The van der Waals surface area contributed by atoms with Crippen LogP contribution >= 0.6 is 11.6 Å². The van der Waals surface area contributed by atoms with Gasteiger partial charge in [0, 0.05) is 41.0 Å². The van der Waals surface area contributed by atoms with E-state index in [1.807, 2.05) is 43.0 Å². The second-order valence-corrected chi connectivity index (χ2v) is 14.9. The van der Waals surface area contributed by atoms with E-state index >= 15 is 0 Å². The smallest absolute Gasteiger partial charge is 0.245 e. The van der Waals surface area contributed by atoms with Gasteiger partial charge in [-0.15, -0.1) is 0 Å². The maximum atomic E-state index is 14.0. The largest absolute Gasteiger partial charge is 0.358 e. The molecule has 0 bridgehead atoms. The molecule has 42 heavy (non-hydrogen) atoms. The van der Waals surface area contributed by atoms with Crippen LogP contribution in [0.3, 0.4) is 0 Å². The van der Waals surface area contributed by atoms with Gasteiger partial charge in [-0.25, -0.2) is 18.4 Å². The van der Waals surface area contributed by atoms with Crippen molar-refractivity contribution in [3.05, 3.63) is 59.4 Å². The highest BCUT2D eigenvalue weighted by atomic mass is 35.5. The number of likely N-dealkylation sites (tertiary alicyclic amines) is 1. The first-order valence-corrected chi connectivity index (χ1v) is 17.0. The van der Waals surface area contributed by atoms with Gasteiger partial charge >= 0.3 is 0 Å². The number of hydrogen-bond acceptors (Lipinski definition) is 7. The van der Waals surface area contributed by atoms with Gasteiger partial charge in [-0.2, -0.15) is 0 Å². The Morgan fingerprint density at radius 2 is 1.79 bits per heavy atom. The number of anilines is 1. The van der Waals surface area contributed by atoms with Gasteiger partial charge in [0.15, 0.2) is 9.84 Å². The van der Waals surface area contributed by atoms with Gasteiger partial charge < -0.3 is 15.1 Å². The van der Waals surface area contributed by atoms with E-state index in [1.54, 1.807) is 24.3 Å². The lowest BCUT2D eigenvalue weighted by Gasteiger charge is -2.44. The van der Waals surface area contributed by atoms with Crippen LogP contribution < -0.4 is 5.32 Å². The summed E-state index contributed by atoms with van der Waals surface area (Å²) in [6.45, 7) is 8.99. The number of nitrogens with one attached hydrogen (secondary N) is 1. The van der Waals surface area contributed by atoms with Gasteiger partial charge in [0.2, 0.25) is 5.91 Å². The molecule has 0 spiro atoms. The predicted molar refractivity (Wildman–Crippen MR) is 169 cm³/mol. The van der Waals surface area contributed by atoms with E-state index in [4.69, 9.17) is 21.6 Å². The fourth-order valence-electron chi connectivity index (χ4n) is 6.43. The Morgan fingerprint density at radius 3 is 2.48 bits per heavy atom. The normalized spacial score (nSPS) is 23.5. The molecular formula is C32H42ClN5O3S. The van der Waals surface area contributed by atoms with Crippen LogP contribution in [-0.4, -0.2) is 77.6 Å². The monoisotopic (exact) mass is 611 g/mol. The lowest BCUT2D eigenvalue weighted by Crippen LogP contribution is -2.52. The number of carbonyl (C=O) groups is 1. The van der Waals surface area contributed by atoms with E-state index in [0.29, 0.717) is 40.6 Å². The molecule has 2 aromatic carbocycles. The molecule has 0 radical (unpaired) electrons. The van der Waals surface area contributed by atoms with Crippen LogP contribution in [0.15, 0.2) is 53.4 Å². The standard InChI is InChI=1S/C32H42ClN5O3S/c1-20(2)30-34-27-13-11-23(33)18-26(27)31(36-30)35-28-15-16-38(32(28)39)29-14-12-24(37(5)21(3)4)17-22(29)19-42(40,41)25-9-7-6-8-10-25/h6-11,13,18,20-22,24,28-29H,12,14-17,19H2,1-5H3,(H,34,35,36)/t22-,24-,28+,29+/m1/s1. The fraction of sp³-hybridized carbons (Fsp3) is 0.531. The number of nitrogens with zero attached hydrogens (tertiary/aromatic N) is 4. The van der Waals surface area contributed by atoms with Crippen molar-refractivity contribution in [2.75, 3.05) is 24.7 Å². The topological polar surface area (TPSA) is 95.5 Å². The first kappa shape index (κ1) is 30.7. The van der Waals surface area contributed by atoms with Crippen LogP contribution in [0.5, 0.6) is 0 Å². The van der Waals surface area contributed by atoms with Crippen molar-refractivity contribution in [2.45, 2.75) is 88.4 Å². The molecule has 3 aromatic rings. The van der Waals surface area contributed by atoms with Gasteiger partial charge in [-0.3, -0.25) is 4.79 Å². The second kappa shape index (κ2) is 12.5. The zero-order valence-corrected chi connectivity index (χ0v) is 26.7. The number of benzene rings is 2. The molecule has 1 aliphatic heterocycles. The molecule has 5 rings (SSSR count). The average molecular weight is 612 g/mol. The van der Waals surface area contributed by atoms with Crippen molar-refractivity contribution in [3.8, 4) is 0 Å². The number of carbonyl (C=O) groups excluding carboxylic acids is 1. The third-order valence-electron chi connectivity index (χ3n) is 8.98. The molecule has 2 aliphatic rings. The molecule has 2 heterocycles. The third-order valence-corrected chi connectivity index (χ3v) is 11.1. The Hall–Kier alpha value is -2.75. The van der Waals surface area contributed by atoms with E-state index in [9.17, 15) is 13.2 Å². The molecule has 0 unspecified atom stereocenters. The highest BCUT2D eigenvalue weighted by Crippen LogP contribution is 2.36. The lowest BCUT2D eigenvalue weighted by molar-refractivity contribution is -0.132. The quantitative estimate of drug-likeness (QED) is 0.328. The first-order chi connectivity index (χ1) is 19.9. The Kier molecular flexibility index (Phi) is 9.11. The van der Waals surface area contributed by atoms with Crippen molar-refractivity contribution in [2.24, 2.45) is 5.92 Å². The lowest BCUT2D eigenvalue weighted by atomic mass is 9.81. The van der Waals surface area contributed by atoms with Crippen molar-refractivity contribution < 1.29 is 13.2 Å². The number of hydrogen-bond donors (Lipinski definition) is 1. The van der Waals surface area contributed by atoms with E-state index in [2.05, 4.69) is 31.1 Å². The number of rotatable bonds is 9. The second-order valence-electron chi connectivity index (χ2n) is 12.4. The van der Waals surface area contributed by atoms with E-state index < -0.39 is 15.9 Å². The number of halogens is 1. The van der Waals surface area contributed by atoms with Crippen LogP contribution in [0.25, 0.3) is 10.9 Å². The van der Waals surface area contributed by atoms with Gasteiger partial charge in [0.25, 0.3) is 0 Å². The van der Waals surface area contributed by atoms with Crippen molar-refractivity contribution in [1.29, 1.82) is 0 Å². The summed E-state index contributed by atoms with van der Waals surface area (Å²) in [5, 5.41) is 4.79. The SMILES string of the molecule is CC(C)c1nc(N[C@H]2CCN([C@H]3CC[C@@H](N(C)C(C)C)C[C@@H]3CS(=O)(=O)c3ccccc3)C2=O)c2cc(Cl)ccc2n1. The van der Waals surface area contributed by atoms with Crippen LogP contribution in [0.2, 0.25) is 5.02 Å². The molecule has 226 valence electrons. The maximum Gasteiger partial charge on any atom is 0.245 e. The summed E-state index contributed by atoms with van der Waals surface area (Å²) in [5.41, 5.74) is 0.779. The molecule has 2 fully saturated rings. The van der Waals surface area contributed by atoms with E-state index in [1.165, 1.54) is 0 Å². The number of amides is 1. The Bertz CT molecular complexity index is 1530. The molecule has 4 atom stereocenters. The van der Waals surface area contributed by atoms with Crippen LogP contribution in [0.4, 0.5) is 5.82 Å². The fourth-order valence-corrected chi connectivity index (χ4v) is 8.29.